The van der Waals surface area contributed by atoms with Gasteiger partial charge in [-0.2, -0.15) is 0 Å². The van der Waals surface area contributed by atoms with E-state index >= 15 is 0 Å². The van der Waals surface area contributed by atoms with Crippen molar-refractivity contribution in [2.24, 2.45) is 0 Å². The van der Waals surface area contributed by atoms with Crippen LogP contribution in [0.3, 0.4) is 0 Å². The first kappa shape index (κ1) is 25.3. The average molecular weight is 452 g/mol. The second-order valence-corrected chi connectivity index (χ2v) is 6.72. The van der Waals surface area contributed by atoms with Crippen LogP contribution in [0, 0.1) is 0 Å². The number of hydrogen-bond acceptors (Lipinski definition) is 5. The minimum absolute atomic E-state index is 0.0948. The molecule has 5 nitrogen and oxygen atoms in total. The summed E-state index contributed by atoms with van der Waals surface area (Å²) in [5.74, 6) is -0.409. The molecule has 0 fully saturated rings. The molecule has 2 aromatic rings. The predicted molar refractivity (Wildman–Crippen MR) is 115 cm³/mol. The van der Waals surface area contributed by atoms with Crippen molar-refractivity contribution in [1.82, 2.24) is 0 Å². The summed E-state index contributed by atoms with van der Waals surface area (Å²) in [6, 6.07) is 11.4. The first-order valence-electron chi connectivity index (χ1n) is 10.4. The number of hydrogen-bond donors (Lipinski definition) is 0. The predicted octanol–water partition coefficient (Wildman–Crippen LogP) is 6.02. The zero-order chi connectivity index (χ0) is 23.4. The molecule has 0 atom stereocenters. The molecule has 32 heavy (non-hydrogen) atoms. The molecular weight excluding hydrogens is 425 g/mol. The van der Waals surface area contributed by atoms with E-state index in [-0.39, 0.29) is 12.2 Å². The van der Waals surface area contributed by atoms with Gasteiger partial charge in [-0.05, 0) is 54.8 Å². The van der Waals surface area contributed by atoms with Crippen LogP contribution in [0.15, 0.2) is 48.5 Å². The smallest absolute Gasteiger partial charge is 0.491 e. The highest BCUT2D eigenvalue weighted by atomic mass is 19.4. The lowest BCUT2D eigenvalue weighted by Crippen LogP contribution is -2.17. The van der Waals surface area contributed by atoms with Crippen molar-refractivity contribution < 1.29 is 36.9 Å². The van der Waals surface area contributed by atoms with Crippen molar-refractivity contribution >= 4 is 12.0 Å². The minimum atomic E-state index is -4.85. The summed E-state index contributed by atoms with van der Waals surface area (Å²) in [6.07, 6.45) is -0.471. The summed E-state index contributed by atoms with van der Waals surface area (Å²) in [5, 5.41) is 0. The molecule has 2 rings (SSSR count). The summed E-state index contributed by atoms with van der Waals surface area (Å²) in [6.45, 7) is 5.53. The molecule has 0 bridgehead atoms. The second-order valence-electron chi connectivity index (χ2n) is 6.72. The molecule has 0 spiro atoms. The molecule has 0 N–H and O–H groups in total. The first-order chi connectivity index (χ1) is 15.3. The summed E-state index contributed by atoms with van der Waals surface area (Å²) in [5.41, 5.74) is 1.51. The zero-order valence-electron chi connectivity index (χ0n) is 18.1. The van der Waals surface area contributed by atoms with Crippen molar-refractivity contribution in [2.45, 2.75) is 33.1 Å². The monoisotopic (exact) mass is 452 g/mol. The first-order valence-corrected chi connectivity index (χ1v) is 10.4. The van der Waals surface area contributed by atoms with Crippen LogP contribution in [0.2, 0.25) is 0 Å². The number of benzene rings is 2. The molecule has 0 saturated heterocycles. The fourth-order valence-electron chi connectivity index (χ4n) is 2.73. The van der Waals surface area contributed by atoms with Gasteiger partial charge < -0.3 is 18.9 Å². The van der Waals surface area contributed by atoms with Crippen molar-refractivity contribution in [3.05, 3.63) is 54.1 Å². The number of halogens is 3. The molecule has 174 valence electrons. The Labute approximate surface area is 185 Å². The van der Waals surface area contributed by atoms with Gasteiger partial charge >= 0.3 is 12.3 Å². The van der Waals surface area contributed by atoms with Gasteiger partial charge in [0.05, 0.1) is 13.2 Å². The van der Waals surface area contributed by atoms with E-state index in [0.29, 0.717) is 31.1 Å². The quantitative estimate of drug-likeness (QED) is 0.224. The fourth-order valence-corrected chi connectivity index (χ4v) is 2.73. The van der Waals surface area contributed by atoms with Gasteiger partial charge in [-0.3, -0.25) is 0 Å². The number of alkyl halides is 3. The SMILES string of the molecule is CCCCOCCOc1ccc(-c2ccc(OC(F)(F)F)c(/C=C/C(=O)OCC)c2)cc1. The summed E-state index contributed by atoms with van der Waals surface area (Å²) in [4.78, 5) is 11.6. The largest absolute Gasteiger partial charge is 0.573 e. The van der Waals surface area contributed by atoms with Gasteiger partial charge in [0.2, 0.25) is 0 Å². The highest BCUT2D eigenvalue weighted by Gasteiger charge is 2.32. The Kier molecular flexibility index (Phi) is 10.1. The standard InChI is InChI=1S/C24H27F3O5/c1-3-5-14-29-15-16-31-21-10-6-18(7-11-21)19-8-12-22(32-24(25,26)27)20(17-19)9-13-23(28)30-4-2/h6-13,17H,3-5,14-16H2,1-2H3/b13-9+. The van der Waals surface area contributed by atoms with Gasteiger partial charge in [0, 0.05) is 18.2 Å². The molecule has 0 aliphatic heterocycles. The topological polar surface area (TPSA) is 54.0 Å². The lowest BCUT2D eigenvalue weighted by Gasteiger charge is -2.13. The van der Waals surface area contributed by atoms with Crippen LogP contribution in [0.25, 0.3) is 17.2 Å². The Morgan fingerprint density at radius 2 is 1.69 bits per heavy atom. The molecule has 0 radical (unpaired) electrons. The van der Waals surface area contributed by atoms with Gasteiger partial charge in [-0.15, -0.1) is 13.2 Å². The Morgan fingerprint density at radius 3 is 2.34 bits per heavy atom. The van der Waals surface area contributed by atoms with E-state index in [1.54, 1.807) is 31.2 Å². The Morgan fingerprint density at radius 1 is 0.969 bits per heavy atom. The van der Waals surface area contributed by atoms with E-state index < -0.39 is 18.1 Å². The van der Waals surface area contributed by atoms with E-state index in [0.717, 1.165) is 24.5 Å². The van der Waals surface area contributed by atoms with Crippen molar-refractivity contribution in [3.8, 4) is 22.6 Å². The molecular formula is C24H27F3O5. The molecule has 0 saturated carbocycles. The lowest BCUT2D eigenvalue weighted by molar-refractivity contribution is -0.274. The number of esters is 1. The van der Waals surface area contributed by atoms with E-state index in [1.165, 1.54) is 24.3 Å². The molecule has 2 aromatic carbocycles. The molecule has 0 aliphatic carbocycles. The second kappa shape index (κ2) is 12.8. The highest BCUT2D eigenvalue weighted by Crippen LogP contribution is 2.32. The van der Waals surface area contributed by atoms with Crippen LogP contribution < -0.4 is 9.47 Å². The van der Waals surface area contributed by atoms with Crippen LogP contribution >= 0.6 is 0 Å². The molecule has 0 aromatic heterocycles. The normalized spacial score (nSPS) is 11.5. The average Bonchev–Trinajstić information content (AvgIpc) is 2.75. The molecule has 0 aliphatic rings. The maximum Gasteiger partial charge on any atom is 0.573 e. The Hall–Kier alpha value is -3.00. The van der Waals surface area contributed by atoms with Gasteiger partial charge in [-0.25, -0.2) is 4.79 Å². The van der Waals surface area contributed by atoms with E-state index in [1.807, 2.05) is 0 Å². The maximum atomic E-state index is 12.7. The Bertz CT molecular complexity index is 876. The van der Waals surface area contributed by atoms with E-state index in [9.17, 15) is 18.0 Å². The van der Waals surface area contributed by atoms with Gasteiger partial charge in [0.25, 0.3) is 0 Å². The fraction of sp³-hybridized carbons (Fsp3) is 0.375. The van der Waals surface area contributed by atoms with Gasteiger partial charge in [0.1, 0.15) is 18.1 Å². The third-order valence-corrected chi connectivity index (χ3v) is 4.25. The zero-order valence-corrected chi connectivity index (χ0v) is 18.1. The van der Waals surface area contributed by atoms with Crippen LogP contribution in [0.5, 0.6) is 11.5 Å². The third-order valence-electron chi connectivity index (χ3n) is 4.25. The van der Waals surface area contributed by atoms with Crippen LogP contribution in [-0.2, 0) is 14.3 Å². The van der Waals surface area contributed by atoms with Gasteiger partial charge in [-0.1, -0.05) is 31.5 Å². The number of unbranched alkanes of at least 4 members (excludes halogenated alkanes) is 1. The number of rotatable bonds is 12. The molecule has 0 unspecified atom stereocenters. The summed E-state index contributed by atoms with van der Waals surface area (Å²) < 4.78 is 58.1. The molecule has 8 heteroatoms. The van der Waals surface area contributed by atoms with Gasteiger partial charge in [0.15, 0.2) is 0 Å². The maximum absolute atomic E-state index is 12.7. The number of carbonyl (C=O) groups excluding carboxylic acids is 1. The number of carbonyl (C=O) groups is 1. The van der Waals surface area contributed by atoms with E-state index in [2.05, 4.69) is 11.7 Å². The highest BCUT2D eigenvalue weighted by molar-refractivity contribution is 5.88. The van der Waals surface area contributed by atoms with Crippen LogP contribution in [-0.4, -0.2) is 38.8 Å². The lowest BCUT2D eigenvalue weighted by atomic mass is 10.0. The van der Waals surface area contributed by atoms with Crippen molar-refractivity contribution in [3.63, 3.8) is 0 Å². The molecule has 0 amide bonds. The van der Waals surface area contributed by atoms with E-state index in [4.69, 9.17) is 14.2 Å². The number of ether oxygens (including phenoxy) is 4. The van der Waals surface area contributed by atoms with Crippen molar-refractivity contribution in [1.29, 1.82) is 0 Å². The van der Waals surface area contributed by atoms with Crippen LogP contribution in [0.4, 0.5) is 13.2 Å². The minimum Gasteiger partial charge on any atom is -0.491 e. The third kappa shape index (κ3) is 9.01. The summed E-state index contributed by atoms with van der Waals surface area (Å²) >= 11 is 0. The van der Waals surface area contributed by atoms with Crippen LogP contribution in [0.1, 0.15) is 32.3 Å². The molecule has 0 heterocycles. The summed E-state index contributed by atoms with van der Waals surface area (Å²) in [7, 11) is 0. The van der Waals surface area contributed by atoms with Crippen molar-refractivity contribution in [2.75, 3.05) is 26.4 Å². The Balaban J connectivity index is 2.12.